The highest BCUT2D eigenvalue weighted by Crippen LogP contribution is 2.46. The number of fused-ring (bicyclic) bond motifs is 4. The van der Waals surface area contributed by atoms with Gasteiger partial charge in [0.05, 0.1) is 41.5 Å². The number of aliphatic hydroxyl groups excluding tert-OH is 1. The van der Waals surface area contributed by atoms with Crippen LogP contribution in [0, 0.1) is 28.9 Å². The number of β-amino-alcohol motifs (C(OH)–C–C–N with tert-alkyl or cyclic N) is 1. The van der Waals surface area contributed by atoms with Gasteiger partial charge in [0.25, 0.3) is 0 Å². The number of aliphatic hydroxyl groups is 1. The number of benzene rings is 1. The van der Waals surface area contributed by atoms with Gasteiger partial charge >= 0.3 is 6.09 Å². The molecule has 5 heterocycles. The summed E-state index contributed by atoms with van der Waals surface area (Å²) in [5.74, 6) is -1.19. The molecule has 230 valence electrons. The van der Waals surface area contributed by atoms with Gasteiger partial charge in [0.1, 0.15) is 22.2 Å². The molecule has 1 saturated heterocycles. The van der Waals surface area contributed by atoms with Gasteiger partial charge in [0, 0.05) is 48.1 Å². The first-order valence-electron chi connectivity index (χ1n) is 14.0. The number of halogens is 2. The average molecular weight is 624 g/mol. The Balaban J connectivity index is 1.50. The number of thiophene rings is 1. The second-order valence-electron chi connectivity index (χ2n) is 12.3. The third-order valence-electron chi connectivity index (χ3n) is 7.61. The first-order chi connectivity index (χ1) is 20.9. The molecule has 0 spiro atoms. The standard InChI is InChI=1S/C30H31F2N7O4S/c1-30(2,3)43-29(41)37-27-15(6-33)22-25(34-8-19(31)26(22)44-27)21-18-13-42-12-17(18)16-7-35-28(36-24(16)23(21)32)39-10-14(9-38(4)5)20(40)11-39/h7-8,14,20,40H,9-13H2,1-5H3,(H,37,41). The number of carbonyl (C=O) groups excluding carboxylic acids is 1. The Kier molecular flexibility index (Phi) is 7.61. The zero-order chi connectivity index (χ0) is 31.5. The van der Waals surface area contributed by atoms with Crippen LogP contribution in [0.2, 0.25) is 0 Å². The maximum absolute atomic E-state index is 16.7. The number of carbonyl (C=O) groups is 1. The molecule has 0 bridgehead atoms. The zero-order valence-electron chi connectivity index (χ0n) is 24.9. The van der Waals surface area contributed by atoms with Crippen molar-refractivity contribution in [3.05, 3.63) is 40.7 Å². The fraction of sp³-hybridized carbons (Fsp3) is 0.433. The SMILES string of the molecule is CN(C)CC1CN(c2ncc3c4c(c(-c5ncc(F)c6sc(NC(=O)OC(C)(C)C)c(C#N)c56)c(F)c3n2)COC4)CC1O. The van der Waals surface area contributed by atoms with Gasteiger partial charge in [-0.25, -0.2) is 23.5 Å². The Morgan fingerprint density at radius 1 is 1.25 bits per heavy atom. The summed E-state index contributed by atoms with van der Waals surface area (Å²) in [7, 11) is 3.87. The lowest BCUT2D eigenvalue weighted by molar-refractivity contribution is 0.0636. The molecule has 1 amide bonds. The van der Waals surface area contributed by atoms with E-state index >= 15 is 8.78 Å². The highest BCUT2D eigenvalue weighted by molar-refractivity contribution is 7.23. The Bertz CT molecular complexity index is 1850. The molecule has 2 aliphatic heterocycles. The first-order valence-corrected chi connectivity index (χ1v) is 14.8. The number of pyridine rings is 1. The number of hydrogen-bond acceptors (Lipinski definition) is 11. The Hall–Kier alpha value is -4.03. The van der Waals surface area contributed by atoms with Crippen LogP contribution in [0.1, 0.15) is 37.5 Å². The second-order valence-corrected chi connectivity index (χ2v) is 13.3. The molecule has 14 heteroatoms. The van der Waals surface area contributed by atoms with Gasteiger partial charge in [-0.3, -0.25) is 10.3 Å². The summed E-state index contributed by atoms with van der Waals surface area (Å²) in [6.45, 7) is 6.81. The first kappa shape index (κ1) is 30.0. The van der Waals surface area contributed by atoms with E-state index in [0.717, 1.165) is 17.5 Å². The molecule has 3 aromatic heterocycles. The number of aromatic nitrogens is 3. The van der Waals surface area contributed by atoms with Crippen LogP contribution in [0.25, 0.3) is 32.2 Å². The van der Waals surface area contributed by atoms with Crippen molar-refractivity contribution in [2.75, 3.05) is 43.9 Å². The molecule has 44 heavy (non-hydrogen) atoms. The van der Waals surface area contributed by atoms with Crippen LogP contribution >= 0.6 is 11.3 Å². The van der Waals surface area contributed by atoms with Crippen molar-refractivity contribution in [2.45, 2.75) is 45.7 Å². The lowest BCUT2D eigenvalue weighted by Gasteiger charge is -2.19. The lowest BCUT2D eigenvalue weighted by atomic mass is 9.94. The number of nitriles is 1. The number of nitrogens with one attached hydrogen (secondary N) is 1. The molecule has 2 aliphatic rings. The summed E-state index contributed by atoms with van der Waals surface area (Å²) in [5, 5.41) is 23.9. The minimum Gasteiger partial charge on any atom is -0.444 e. The fourth-order valence-electron chi connectivity index (χ4n) is 5.82. The van der Waals surface area contributed by atoms with Crippen molar-refractivity contribution in [1.82, 2.24) is 19.9 Å². The molecule has 1 aromatic carbocycles. The number of ether oxygens (including phenoxy) is 2. The monoisotopic (exact) mass is 623 g/mol. The number of anilines is 2. The van der Waals surface area contributed by atoms with Crippen molar-refractivity contribution in [1.29, 1.82) is 5.26 Å². The normalized spacial score (nSPS) is 18.3. The highest BCUT2D eigenvalue weighted by Gasteiger charge is 2.35. The van der Waals surface area contributed by atoms with Gasteiger partial charge in [-0.1, -0.05) is 0 Å². The number of hydrogen-bond donors (Lipinski definition) is 2. The molecule has 0 saturated carbocycles. The quantitative estimate of drug-likeness (QED) is 0.319. The number of nitrogens with zero attached hydrogens (tertiary/aromatic N) is 6. The van der Waals surface area contributed by atoms with Crippen LogP contribution in [-0.2, 0) is 22.7 Å². The third kappa shape index (κ3) is 5.30. The van der Waals surface area contributed by atoms with Gasteiger partial charge in [0.2, 0.25) is 5.95 Å². The maximum Gasteiger partial charge on any atom is 0.412 e. The molecule has 2 atom stereocenters. The molecular formula is C30H31F2N7O4S. The van der Waals surface area contributed by atoms with Gasteiger partial charge in [0.15, 0.2) is 11.6 Å². The minimum atomic E-state index is -0.814. The molecule has 1 fully saturated rings. The van der Waals surface area contributed by atoms with Crippen LogP contribution in [-0.4, -0.2) is 76.5 Å². The van der Waals surface area contributed by atoms with E-state index in [-0.39, 0.29) is 62.5 Å². The van der Waals surface area contributed by atoms with Crippen molar-refractivity contribution >= 4 is 49.4 Å². The Morgan fingerprint density at radius 2 is 2.00 bits per heavy atom. The molecule has 0 radical (unpaired) electrons. The lowest BCUT2D eigenvalue weighted by Crippen LogP contribution is -2.29. The van der Waals surface area contributed by atoms with Crippen LogP contribution in [0.4, 0.5) is 24.5 Å². The van der Waals surface area contributed by atoms with E-state index in [1.165, 1.54) is 0 Å². The molecular weight excluding hydrogens is 592 g/mol. The summed E-state index contributed by atoms with van der Waals surface area (Å²) in [6.07, 6.45) is 1.13. The Morgan fingerprint density at radius 3 is 2.70 bits per heavy atom. The van der Waals surface area contributed by atoms with E-state index < -0.39 is 29.4 Å². The number of rotatable bonds is 5. The van der Waals surface area contributed by atoms with E-state index in [1.807, 2.05) is 30.0 Å². The van der Waals surface area contributed by atoms with Crippen LogP contribution in [0.15, 0.2) is 12.4 Å². The number of amides is 1. The van der Waals surface area contributed by atoms with Crippen LogP contribution in [0.5, 0.6) is 0 Å². The van der Waals surface area contributed by atoms with E-state index in [2.05, 4.69) is 20.3 Å². The van der Waals surface area contributed by atoms with Gasteiger partial charge in [-0.2, -0.15) is 5.26 Å². The molecule has 0 aliphatic carbocycles. The smallest absolute Gasteiger partial charge is 0.412 e. The Labute approximate surface area is 256 Å². The second kappa shape index (κ2) is 11.2. The molecule has 2 unspecified atom stereocenters. The van der Waals surface area contributed by atoms with Crippen LogP contribution < -0.4 is 10.2 Å². The topological polar surface area (TPSA) is 137 Å². The van der Waals surface area contributed by atoms with Crippen molar-refractivity contribution < 1.29 is 28.2 Å². The van der Waals surface area contributed by atoms with E-state index in [4.69, 9.17) is 9.47 Å². The van der Waals surface area contributed by atoms with E-state index in [0.29, 0.717) is 36.1 Å². The largest absolute Gasteiger partial charge is 0.444 e. The average Bonchev–Trinajstić information content (AvgIpc) is 3.66. The van der Waals surface area contributed by atoms with Crippen molar-refractivity contribution in [3.8, 4) is 17.3 Å². The molecule has 11 nitrogen and oxygen atoms in total. The van der Waals surface area contributed by atoms with Gasteiger partial charge < -0.3 is 24.4 Å². The van der Waals surface area contributed by atoms with Crippen LogP contribution in [0.3, 0.4) is 0 Å². The van der Waals surface area contributed by atoms with Crippen molar-refractivity contribution in [2.24, 2.45) is 5.92 Å². The predicted octanol–water partition coefficient (Wildman–Crippen LogP) is 4.79. The predicted molar refractivity (Wildman–Crippen MR) is 161 cm³/mol. The molecule has 4 aromatic rings. The van der Waals surface area contributed by atoms with Gasteiger partial charge in [-0.15, -0.1) is 11.3 Å². The highest BCUT2D eigenvalue weighted by atomic mass is 32.1. The molecule has 6 rings (SSSR count). The summed E-state index contributed by atoms with van der Waals surface area (Å²) in [4.78, 5) is 29.8. The summed E-state index contributed by atoms with van der Waals surface area (Å²) < 4.78 is 43.0. The molecule has 2 N–H and O–H groups in total. The van der Waals surface area contributed by atoms with E-state index in [1.54, 1.807) is 27.0 Å². The maximum atomic E-state index is 16.7. The summed E-state index contributed by atoms with van der Waals surface area (Å²) in [6, 6.07) is 2.04. The van der Waals surface area contributed by atoms with E-state index in [9.17, 15) is 15.2 Å². The minimum absolute atomic E-state index is 0.0266. The summed E-state index contributed by atoms with van der Waals surface area (Å²) >= 11 is 0.842. The summed E-state index contributed by atoms with van der Waals surface area (Å²) in [5.41, 5.74) is 0.425. The van der Waals surface area contributed by atoms with Crippen molar-refractivity contribution in [3.63, 3.8) is 0 Å². The fourth-order valence-corrected chi connectivity index (χ4v) is 6.86. The zero-order valence-corrected chi connectivity index (χ0v) is 25.7. The van der Waals surface area contributed by atoms with Gasteiger partial charge in [-0.05, 0) is 46.0 Å². The third-order valence-corrected chi connectivity index (χ3v) is 8.72.